The van der Waals surface area contributed by atoms with Crippen LogP contribution in [-0.2, 0) is 4.74 Å². The highest BCUT2D eigenvalue weighted by Gasteiger charge is 2.12. The van der Waals surface area contributed by atoms with E-state index in [0.717, 1.165) is 39.3 Å². The van der Waals surface area contributed by atoms with Gasteiger partial charge in [-0.1, -0.05) is 0 Å². The van der Waals surface area contributed by atoms with Crippen molar-refractivity contribution in [3.8, 4) is 0 Å². The first-order chi connectivity index (χ1) is 5.84. The normalized spacial score (nSPS) is 20.2. The second-order valence-electron chi connectivity index (χ2n) is 3.08. The third-order valence-electron chi connectivity index (χ3n) is 2.20. The van der Waals surface area contributed by atoms with Crippen LogP contribution in [0.2, 0.25) is 0 Å². The summed E-state index contributed by atoms with van der Waals surface area (Å²) in [5, 5.41) is 7.92. The standard InChI is InChI=1S/C8H19N3O/c1-10(7-8-12-2)11-5-3-9-4-6-11/h9H,3-8H2,1-2H3. The van der Waals surface area contributed by atoms with Crippen molar-refractivity contribution >= 4 is 0 Å². The summed E-state index contributed by atoms with van der Waals surface area (Å²) in [4.78, 5) is 0. The average Bonchev–Trinajstić information content (AvgIpc) is 2.15. The molecule has 0 amide bonds. The summed E-state index contributed by atoms with van der Waals surface area (Å²) in [6, 6.07) is 0. The van der Waals surface area contributed by atoms with Gasteiger partial charge in [0, 0.05) is 46.9 Å². The van der Waals surface area contributed by atoms with Gasteiger partial charge in [-0.2, -0.15) is 0 Å². The van der Waals surface area contributed by atoms with E-state index in [1.807, 2.05) is 0 Å². The summed E-state index contributed by atoms with van der Waals surface area (Å²) in [6.45, 7) is 6.20. The first-order valence-corrected chi connectivity index (χ1v) is 4.50. The molecule has 0 aliphatic carbocycles. The summed E-state index contributed by atoms with van der Waals surface area (Å²) in [6.07, 6.45) is 0. The largest absolute Gasteiger partial charge is 0.383 e. The van der Waals surface area contributed by atoms with E-state index in [2.05, 4.69) is 22.4 Å². The van der Waals surface area contributed by atoms with Gasteiger partial charge in [0.25, 0.3) is 0 Å². The molecule has 12 heavy (non-hydrogen) atoms. The predicted molar refractivity (Wildman–Crippen MR) is 48.9 cm³/mol. The fourth-order valence-electron chi connectivity index (χ4n) is 1.36. The highest BCUT2D eigenvalue weighted by atomic mass is 16.5. The molecule has 0 aromatic rings. The van der Waals surface area contributed by atoms with Crippen molar-refractivity contribution in [3.63, 3.8) is 0 Å². The lowest BCUT2D eigenvalue weighted by molar-refractivity contribution is -0.0251. The molecule has 0 unspecified atom stereocenters. The Hall–Kier alpha value is -0.160. The van der Waals surface area contributed by atoms with E-state index >= 15 is 0 Å². The van der Waals surface area contributed by atoms with Gasteiger partial charge in [0.15, 0.2) is 0 Å². The number of nitrogens with zero attached hydrogens (tertiary/aromatic N) is 2. The van der Waals surface area contributed by atoms with Gasteiger partial charge in [-0.25, -0.2) is 10.0 Å². The lowest BCUT2D eigenvalue weighted by Gasteiger charge is -2.34. The van der Waals surface area contributed by atoms with E-state index in [1.165, 1.54) is 0 Å². The number of methoxy groups -OCH3 is 1. The van der Waals surface area contributed by atoms with E-state index < -0.39 is 0 Å². The number of rotatable bonds is 4. The quantitative estimate of drug-likeness (QED) is 0.613. The molecule has 4 nitrogen and oxygen atoms in total. The van der Waals surface area contributed by atoms with Crippen molar-refractivity contribution < 1.29 is 4.74 Å². The fraction of sp³-hybridized carbons (Fsp3) is 1.00. The number of hydrazine groups is 1. The van der Waals surface area contributed by atoms with E-state index in [0.29, 0.717) is 0 Å². The number of piperazine rings is 1. The van der Waals surface area contributed by atoms with Crippen molar-refractivity contribution in [1.82, 2.24) is 15.3 Å². The van der Waals surface area contributed by atoms with Gasteiger partial charge in [0.2, 0.25) is 0 Å². The molecule has 1 rings (SSSR count). The van der Waals surface area contributed by atoms with E-state index in [-0.39, 0.29) is 0 Å². The maximum Gasteiger partial charge on any atom is 0.0603 e. The molecule has 0 aromatic carbocycles. The molecule has 1 saturated heterocycles. The lowest BCUT2D eigenvalue weighted by atomic mass is 10.4. The Kier molecular flexibility index (Phi) is 4.53. The van der Waals surface area contributed by atoms with E-state index in [9.17, 15) is 0 Å². The summed E-state index contributed by atoms with van der Waals surface area (Å²) in [5.41, 5.74) is 0. The smallest absolute Gasteiger partial charge is 0.0603 e. The van der Waals surface area contributed by atoms with Crippen LogP contribution in [0.4, 0.5) is 0 Å². The molecule has 1 aliphatic rings. The van der Waals surface area contributed by atoms with E-state index in [1.54, 1.807) is 7.11 Å². The molecular weight excluding hydrogens is 154 g/mol. The van der Waals surface area contributed by atoms with Crippen LogP contribution in [0, 0.1) is 0 Å². The van der Waals surface area contributed by atoms with E-state index in [4.69, 9.17) is 4.74 Å². The molecule has 0 saturated carbocycles. The molecule has 1 fully saturated rings. The second kappa shape index (κ2) is 5.48. The summed E-state index contributed by atoms with van der Waals surface area (Å²) in [5.74, 6) is 0. The molecule has 72 valence electrons. The average molecular weight is 173 g/mol. The number of hydrogen-bond donors (Lipinski definition) is 1. The molecule has 1 aliphatic heterocycles. The monoisotopic (exact) mass is 173 g/mol. The first-order valence-electron chi connectivity index (χ1n) is 4.50. The van der Waals surface area contributed by atoms with Crippen LogP contribution in [0.25, 0.3) is 0 Å². The highest BCUT2D eigenvalue weighted by molar-refractivity contribution is 4.64. The van der Waals surface area contributed by atoms with Crippen LogP contribution in [-0.4, -0.2) is 63.5 Å². The Morgan fingerprint density at radius 1 is 1.42 bits per heavy atom. The zero-order valence-electron chi connectivity index (χ0n) is 8.05. The number of nitrogens with one attached hydrogen (secondary N) is 1. The molecule has 1 heterocycles. The molecule has 1 N–H and O–H groups in total. The molecular formula is C8H19N3O. The van der Waals surface area contributed by atoms with Gasteiger partial charge in [-0.05, 0) is 0 Å². The van der Waals surface area contributed by atoms with Gasteiger partial charge in [0.05, 0.1) is 6.61 Å². The van der Waals surface area contributed by atoms with Crippen LogP contribution < -0.4 is 5.32 Å². The Balaban J connectivity index is 2.15. The van der Waals surface area contributed by atoms with Gasteiger partial charge in [0.1, 0.15) is 0 Å². The summed E-state index contributed by atoms with van der Waals surface area (Å²) < 4.78 is 5.02. The number of likely N-dealkylation sites (N-methyl/N-ethyl adjacent to an activating group) is 1. The number of ether oxygens (including phenoxy) is 1. The minimum Gasteiger partial charge on any atom is -0.383 e. The van der Waals surface area contributed by atoms with Gasteiger partial charge >= 0.3 is 0 Å². The van der Waals surface area contributed by atoms with Crippen molar-refractivity contribution in [2.75, 3.05) is 53.5 Å². The molecule has 0 bridgehead atoms. The maximum absolute atomic E-state index is 5.02. The third kappa shape index (κ3) is 3.06. The predicted octanol–water partition coefficient (Wildman–Crippen LogP) is -0.615. The van der Waals surface area contributed by atoms with Crippen molar-refractivity contribution in [2.24, 2.45) is 0 Å². The molecule has 0 spiro atoms. The zero-order valence-corrected chi connectivity index (χ0v) is 8.05. The summed E-state index contributed by atoms with van der Waals surface area (Å²) in [7, 11) is 3.86. The van der Waals surface area contributed by atoms with Crippen molar-refractivity contribution in [1.29, 1.82) is 0 Å². The van der Waals surface area contributed by atoms with Crippen LogP contribution >= 0.6 is 0 Å². The van der Waals surface area contributed by atoms with Gasteiger partial charge in [-0.15, -0.1) is 0 Å². The molecule has 4 heteroatoms. The summed E-state index contributed by atoms with van der Waals surface area (Å²) >= 11 is 0. The SMILES string of the molecule is COCCN(C)N1CCNCC1. The first kappa shape index (κ1) is 9.92. The third-order valence-corrected chi connectivity index (χ3v) is 2.20. The van der Waals surface area contributed by atoms with Gasteiger partial charge < -0.3 is 10.1 Å². The van der Waals surface area contributed by atoms with Gasteiger partial charge in [-0.3, -0.25) is 0 Å². The molecule has 0 atom stereocenters. The van der Waals surface area contributed by atoms with Crippen LogP contribution in [0.5, 0.6) is 0 Å². The Morgan fingerprint density at radius 2 is 2.08 bits per heavy atom. The Morgan fingerprint density at radius 3 is 2.67 bits per heavy atom. The fourth-order valence-corrected chi connectivity index (χ4v) is 1.36. The number of hydrogen-bond acceptors (Lipinski definition) is 4. The molecule has 0 aromatic heterocycles. The lowest BCUT2D eigenvalue weighted by Crippen LogP contribution is -2.51. The minimum atomic E-state index is 0.806. The van der Waals surface area contributed by atoms with Crippen molar-refractivity contribution in [2.45, 2.75) is 0 Å². The zero-order chi connectivity index (χ0) is 8.81. The highest BCUT2D eigenvalue weighted by Crippen LogP contribution is 1.96. The van der Waals surface area contributed by atoms with Crippen LogP contribution in [0.15, 0.2) is 0 Å². The maximum atomic E-state index is 5.02. The van der Waals surface area contributed by atoms with Crippen LogP contribution in [0.1, 0.15) is 0 Å². The van der Waals surface area contributed by atoms with Crippen molar-refractivity contribution in [3.05, 3.63) is 0 Å². The second-order valence-corrected chi connectivity index (χ2v) is 3.08. The Bertz CT molecular complexity index is 115. The van der Waals surface area contributed by atoms with Crippen LogP contribution in [0.3, 0.4) is 0 Å². The topological polar surface area (TPSA) is 27.7 Å². The Labute approximate surface area is 74.4 Å². The minimum absolute atomic E-state index is 0.806. The molecule has 0 radical (unpaired) electrons.